The van der Waals surface area contributed by atoms with Crippen molar-refractivity contribution in [1.29, 1.82) is 0 Å². The lowest BCUT2D eigenvalue weighted by molar-refractivity contribution is -0.160. The van der Waals surface area contributed by atoms with E-state index in [4.69, 9.17) is 14.5 Å². The molecule has 2 N–H and O–H groups in total. The normalized spacial score (nSPS) is 15.9. The van der Waals surface area contributed by atoms with E-state index in [9.17, 15) is 19.4 Å². The number of piperidine rings is 1. The van der Waals surface area contributed by atoms with Gasteiger partial charge in [-0.05, 0) is 81.3 Å². The Morgan fingerprint density at radius 3 is 2.24 bits per heavy atom. The lowest BCUT2D eigenvalue weighted by atomic mass is 9.81. The third-order valence-electron chi connectivity index (χ3n) is 7.72. The average molecular weight is 579 g/mol. The molecular weight excluding hydrogens is 535 g/mol. The number of carbonyl (C=O) groups is 1. The van der Waals surface area contributed by atoms with E-state index >= 15 is 0 Å². The van der Waals surface area contributed by atoms with E-state index in [0.29, 0.717) is 35.7 Å². The Balaban J connectivity index is 1.75. The minimum Gasteiger partial charge on any atom is -0.493 e. The second kappa shape index (κ2) is 12.8. The molecule has 3 aromatic rings. The van der Waals surface area contributed by atoms with Crippen molar-refractivity contribution in [2.45, 2.75) is 79.1 Å². The summed E-state index contributed by atoms with van der Waals surface area (Å²) in [5.41, 5.74) is 4.30. The number of hydrogen-bond acceptors (Lipinski definition) is 6. The van der Waals surface area contributed by atoms with Crippen LogP contribution in [0.4, 0.5) is 10.1 Å². The maximum absolute atomic E-state index is 13.2. The van der Waals surface area contributed by atoms with Gasteiger partial charge in [-0.3, -0.25) is 4.98 Å². The highest BCUT2D eigenvalue weighted by atomic mass is 19.1. The molecule has 226 valence electrons. The van der Waals surface area contributed by atoms with Crippen molar-refractivity contribution >= 4 is 11.7 Å². The Morgan fingerprint density at radius 2 is 1.69 bits per heavy atom. The Kier molecular flexibility index (Phi) is 9.58. The Morgan fingerprint density at radius 1 is 1.07 bits per heavy atom. The first-order chi connectivity index (χ1) is 19.8. The molecule has 0 radical (unpaired) electrons. The molecule has 0 amide bonds. The maximum Gasteiger partial charge on any atom is 0.337 e. The van der Waals surface area contributed by atoms with Crippen LogP contribution in [0.5, 0.6) is 5.75 Å². The van der Waals surface area contributed by atoms with Crippen molar-refractivity contribution in [3.8, 4) is 16.9 Å². The number of carboxylic acid groups (broad SMARTS) is 1. The SMILES string of the molecule is Cc1nc(CO)c([C@H](OC(C)(C)C)C(=O)O)c(N2CCC(C)(C)CC2)c1-c1ccc(OCCc2ccc(F)cc2)cc1. The highest BCUT2D eigenvalue weighted by molar-refractivity contribution is 5.88. The number of rotatable bonds is 10. The van der Waals surface area contributed by atoms with Crippen molar-refractivity contribution in [1.82, 2.24) is 4.98 Å². The quantitative estimate of drug-likeness (QED) is 0.271. The second-order valence-corrected chi connectivity index (χ2v) is 12.8. The summed E-state index contributed by atoms with van der Waals surface area (Å²) >= 11 is 0. The predicted molar refractivity (Wildman–Crippen MR) is 162 cm³/mol. The standard InChI is InChI=1S/C34H43FN2O5/c1-22-28(24-9-13-26(14-10-24)41-20-15-23-7-11-25(35)12-8-23)30(37-18-16-34(5,6)17-19-37)29(27(21-38)36-22)31(32(39)40)42-33(2,3)4/h7-14,31,38H,15-21H2,1-6H3,(H,39,40)/t31-/m0/s1. The van der Waals surface area contributed by atoms with Crippen LogP contribution < -0.4 is 9.64 Å². The lowest BCUT2D eigenvalue weighted by Crippen LogP contribution is -2.39. The topological polar surface area (TPSA) is 92.1 Å². The zero-order valence-corrected chi connectivity index (χ0v) is 25.5. The number of anilines is 1. The van der Waals surface area contributed by atoms with Gasteiger partial charge in [0.25, 0.3) is 0 Å². The van der Waals surface area contributed by atoms with Crippen LogP contribution in [0.15, 0.2) is 48.5 Å². The Hall–Kier alpha value is -3.49. The third-order valence-corrected chi connectivity index (χ3v) is 7.72. The van der Waals surface area contributed by atoms with Gasteiger partial charge in [-0.15, -0.1) is 0 Å². The number of ether oxygens (including phenoxy) is 2. The summed E-state index contributed by atoms with van der Waals surface area (Å²) in [5, 5.41) is 20.8. The van der Waals surface area contributed by atoms with Crippen molar-refractivity contribution in [3.05, 3.63) is 76.9 Å². The van der Waals surface area contributed by atoms with Gasteiger partial charge < -0.3 is 24.6 Å². The molecule has 2 aromatic carbocycles. The molecule has 1 aliphatic heterocycles. The molecule has 1 aliphatic rings. The van der Waals surface area contributed by atoms with E-state index in [1.54, 1.807) is 12.1 Å². The summed E-state index contributed by atoms with van der Waals surface area (Å²) in [5.74, 6) is -0.693. The fraction of sp³-hybridized carbons (Fsp3) is 0.471. The Labute approximate surface area is 248 Å². The molecule has 7 nitrogen and oxygen atoms in total. The van der Waals surface area contributed by atoms with Gasteiger partial charge in [0.15, 0.2) is 6.10 Å². The number of pyridine rings is 1. The first kappa shape index (κ1) is 31.4. The van der Waals surface area contributed by atoms with Gasteiger partial charge >= 0.3 is 5.97 Å². The molecule has 2 heterocycles. The van der Waals surface area contributed by atoms with Crippen molar-refractivity contribution < 1.29 is 28.9 Å². The summed E-state index contributed by atoms with van der Waals surface area (Å²) in [6.45, 7) is 13.4. The average Bonchev–Trinajstić information content (AvgIpc) is 2.92. The van der Waals surface area contributed by atoms with Crippen LogP contribution in [0.25, 0.3) is 11.1 Å². The number of carboxylic acids is 1. The number of halogens is 1. The van der Waals surface area contributed by atoms with E-state index in [0.717, 1.165) is 48.3 Å². The van der Waals surface area contributed by atoms with Gasteiger partial charge in [0.2, 0.25) is 0 Å². The minimum absolute atomic E-state index is 0.180. The Bertz CT molecular complexity index is 1370. The number of aliphatic carboxylic acids is 1. The molecular formula is C34H43FN2O5. The van der Waals surface area contributed by atoms with Crippen molar-refractivity contribution in [3.63, 3.8) is 0 Å². The van der Waals surface area contributed by atoms with Gasteiger partial charge in [0.05, 0.1) is 30.2 Å². The summed E-state index contributed by atoms with van der Waals surface area (Å²) in [6.07, 6.45) is 1.23. The predicted octanol–water partition coefficient (Wildman–Crippen LogP) is 6.88. The molecule has 0 bridgehead atoms. The van der Waals surface area contributed by atoms with Crippen molar-refractivity contribution in [2.75, 3.05) is 24.6 Å². The van der Waals surface area contributed by atoms with Gasteiger partial charge in [-0.2, -0.15) is 0 Å². The zero-order chi connectivity index (χ0) is 30.7. The molecule has 1 saturated heterocycles. The molecule has 8 heteroatoms. The van der Waals surface area contributed by atoms with Crippen LogP contribution in [0, 0.1) is 18.2 Å². The van der Waals surface area contributed by atoms with E-state index in [1.807, 2.05) is 52.0 Å². The smallest absolute Gasteiger partial charge is 0.337 e. The number of aliphatic hydroxyl groups is 1. The molecule has 0 unspecified atom stereocenters. The van der Waals surface area contributed by atoms with Crippen LogP contribution in [-0.4, -0.2) is 46.5 Å². The summed E-state index contributed by atoms with van der Waals surface area (Å²) < 4.78 is 25.3. The van der Waals surface area contributed by atoms with Gasteiger partial charge in [0.1, 0.15) is 11.6 Å². The van der Waals surface area contributed by atoms with Gasteiger partial charge in [0, 0.05) is 36.3 Å². The maximum atomic E-state index is 13.2. The van der Waals surface area contributed by atoms with E-state index in [2.05, 4.69) is 18.7 Å². The van der Waals surface area contributed by atoms with Crippen LogP contribution in [-0.2, 0) is 22.6 Å². The number of hydrogen-bond donors (Lipinski definition) is 2. The molecule has 1 atom stereocenters. The highest BCUT2D eigenvalue weighted by Crippen LogP contribution is 2.45. The number of nitrogens with zero attached hydrogens (tertiary/aromatic N) is 2. The number of aryl methyl sites for hydroxylation is 1. The molecule has 42 heavy (non-hydrogen) atoms. The fourth-order valence-corrected chi connectivity index (χ4v) is 5.41. The number of aromatic nitrogens is 1. The minimum atomic E-state index is -1.31. The molecule has 1 aromatic heterocycles. The molecule has 4 rings (SSSR count). The first-order valence-electron chi connectivity index (χ1n) is 14.6. The monoisotopic (exact) mass is 578 g/mol. The van der Waals surface area contributed by atoms with Crippen molar-refractivity contribution in [2.24, 2.45) is 5.41 Å². The first-order valence-corrected chi connectivity index (χ1v) is 14.6. The molecule has 0 saturated carbocycles. The van der Waals surface area contributed by atoms with Gasteiger partial charge in [-0.1, -0.05) is 38.1 Å². The second-order valence-electron chi connectivity index (χ2n) is 12.8. The summed E-state index contributed by atoms with van der Waals surface area (Å²) in [6, 6.07) is 14.1. The third kappa shape index (κ3) is 7.66. The van der Waals surface area contributed by atoms with E-state index in [-0.39, 0.29) is 11.2 Å². The summed E-state index contributed by atoms with van der Waals surface area (Å²) in [7, 11) is 0. The highest BCUT2D eigenvalue weighted by Gasteiger charge is 2.37. The number of benzene rings is 2. The largest absolute Gasteiger partial charge is 0.493 e. The van der Waals surface area contributed by atoms with Gasteiger partial charge in [-0.25, -0.2) is 9.18 Å². The molecule has 1 fully saturated rings. The molecule has 0 spiro atoms. The zero-order valence-electron chi connectivity index (χ0n) is 25.5. The summed E-state index contributed by atoms with van der Waals surface area (Å²) in [4.78, 5) is 19.6. The fourth-order valence-electron chi connectivity index (χ4n) is 5.41. The van der Waals surface area contributed by atoms with Crippen LogP contribution >= 0.6 is 0 Å². The van der Waals surface area contributed by atoms with E-state index in [1.165, 1.54) is 12.1 Å². The van der Waals surface area contributed by atoms with Crippen LogP contribution in [0.3, 0.4) is 0 Å². The van der Waals surface area contributed by atoms with Crippen LogP contribution in [0.1, 0.15) is 76.1 Å². The van der Waals surface area contributed by atoms with E-state index < -0.39 is 24.3 Å². The van der Waals surface area contributed by atoms with Crippen LogP contribution in [0.2, 0.25) is 0 Å². The number of aliphatic hydroxyl groups excluding tert-OH is 1. The lowest BCUT2D eigenvalue weighted by Gasteiger charge is -2.41. The molecule has 0 aliphatic carbocycles.